The molecule has 0 aliphatic carbocycles. The normalized spacial score (nSPS) is 10.7. The van der Waals surface area contributed by atoms with Crippen molar-refractivity contribution in [3.05, 3.63) is 52.1 Å². The molecule has 0 heterocycles. The van der Waals surface area contributed by atoms with Crippen molar-refractivity contribution < 1.29 is 14.5 Å². The van der Waals surface area contributed by atoms with Crippen molar-refractivity contribution in [2.24, 2.45) is 0 Å². The van der Waals surface area contributed by atoms with Crippen LogP contribution < -0.4 is 0 Å². The first-order valence-electron chi connectivity index (χ1n) is 6.67. The minimum absolute atomic E-state index is 0.0268. The smallest absolute Gasteiger partial charge is 0.309 e. The lowest BCUT2D eigenvalue weighted by molar-refractivity contribution is -0.384. The first-order valence-corrected chi connectivity index (χ1v) is 6.67. The molecule has 0 aliphatic heterocycles. The van der Waals surface area contributed by atoms with Gasteiger partial charge in [0, 0.05) is 12.1 Å². The lowest BCUT2D eigenvalue weighted by atomic mass is 10.2. The van der Waals surface area contributed by atoms with Gasteiger partial charge in [0.05, 0.1) is 11.3 Å². The molecule has 0 aromatic heterocycles. The van der Waals surface area contributed by atoms with Gasteiger partial charge in [0.25, 0.3) is 5.69 Å². The standard InChI is InChI=1S/C15H19NO4/c1-2-3-4-5-6-7-15(17)20-12-13-8-10-14(11-9-13)16(18)19/h5-6,8-11H,2-4,7,12H2,1H3. The minimum Gasteiger partial charge on any atom is -0.461 e. The van der Waals surface area contributed by atoms with E-state index in [9.17, 15) is 14.9 Å². The molecular weight excluding hydrogens is 258 g/mol. The van der Waals surface area contributed by atoms with Crippen LogP contribution in [-0.4, -0.2) is 10.9 Å². The molecule has 1 aromatic carbocycles. The third kappa shape index (κ3) is 6.13. The molecule has 0 N–H and O–H groups in total. The number of ether oxygens (including phenoxy) is 1. The molecule has 0 unspecified atom stereocenters. The van der Waals surface area contributed by atoms with Gasteiger partial charge in [0.2, 0.25) is 0 Å². The van der Waals surface area contributed by atoms with Crippen LogP contribution in [0.5, 0.6) is 0 Å². The van der Waals surface area contributed by atoms with Crippen LogP contribution in [0.1, 0.15) is 38.2 Å². The second-order valence-electron chi connectivity index (χ2n) is 4.40. The number of carbonyl (C=O) groups is 1. The van der Waals surface area contributed by atoms with E-state index in [1.165, 1.54) is 12.1 Å². The van der Waals surface area contributed by atoms with E-state index in [-0.39, 0.29) is 24.7 Å². The molecule has 1 aromatic rings. The van der Waals surface area contributed by atoms with Crippen molar-refractivity contribution in [3.8, 4) is 0 Å². The summed E-state index contributed by atoms with van der Waals surface area (Å²) in [6, 6.07) is 5.96. The SMILES string of the molecule is CCCCC=CCC(=O)OCc1ccc([N+](=O)[O-])cc1. The van der Waals surface area contributed by atoms with Crippen LogP contribution in [0.2, 0.25) is 0 Å². The molecule has 0 radical (unpaired) electrons. The Balaban J connectivity index is 2.30. The minimum atomic E-state index is -0.461. The molecule has 0 saturated carbocycles. The fourth-order valence-electron chi connectivity index (χ4n) is 1.56. The van der Waals surface area contributed by atoms with Crippen molar-refractivity contribution in [1.29, 1.82) is 0 Å². The van der Waals surface area contributed by atoms with Gasteiger partial charge < -0.3 is 4.74 Å². The average molecular weight is 277 g/mol. The van der Waals surface area contributed by atoms with Crippen LogP contribution in [0.25, 0.3) is 0 Å². The topological polar surface area (TPSA) is 69.4 Å². The van der Waals surface area contributed by atoms with Crippen LogP contribution in [0.4, 0.5) is 5.69 Å². The van der Waals surface area contributed by atoms with E-state index in [0.29, 0.717) is 0 Å². The number of esters is 1. The fraction of sp³-hybridized carbons (Fsp3) is 0.400. The second-order valence-corrected chi connectivity index (χ2v) is 4.40. The van der Waals surface area contributed by atoms with Gasteiger partial charge in [-0.1, -0.05) is 31.9 Å². The van der Waals surface area contributed by atoms with Gasteiger partial charge in [0.1, 0.15) is 6.61 Å². The highest BCUT2D eigenvalue weighted by molar-refractivity contribution is 5.71. The number of nitro benzene ring substituents is 1. The zero-order valence-electron chi connectivity index (χ0n) is 11.6. The first kappa shape index (κ1) is 15.9. The van der Waals surface area contributed by atoms with Crippen molar-refractivity contribution in [2.45, 2.75) is 39.2 Å². The molecule has 0 fully saturated rings. The summed E-state index contributed by atoms with van der Waals surface area (Å²) in [7, 11) is 0. The Morgan fingerprint density at radius 3 is 2.60 bits per heavy atom. The zero-order valence-corrected chi connectivity index (χ0v) is 11.6. The van der Waals surface area contributed by atoms with Gasteiger partial charge >= 0.3 is 5.97 Å². The van der Waals surface area contributed by atoms with Crippen LogP contribution >= 0.6 is 0 Å². The Hall–Kier alpha value is -2.17. The predicted molar refractivity (Wildman–Crippen MR) is 76.2 cm³/mol. The third-order valence-electron chi connectivity index (χ3n) is 2.72. The molecule has 0 saturated heterocycles. The summed E-state index contributed by atoms with van der Waals surface area (Å²) in [5.41, 5.74) is 0.762. The van der Waals surface area contributed by atoms with Crippen molar-refractivity contribution in [2.75, 3.05) is 0 Å². The highest BCUT2D eigenvalue weighted by Crippen LogP contribution is 2.12. The van der Waals surface area contributed by atoms with E-state index in [4.69, 9.17) is 4.74 Å². The van der Waals surface area contributed by atoms with Gasteiger partial charge in [-0.15, -0.1) is 0 Å². The Labute approximate surface area is 118 Å². The third-order valence-corrected chi connectivity index (χ3v) is 2.72. The molecule has 1 rings (SSSR count). The predicted octanol–water partition coefficient (Wildman–Crippen LogP) is 3.77. The van der Waals surface area contributed by atoms with E-state index < -0.39 is 4.92 Å². The maximum absolute atomic E-state index is 11.4. The molecule has 0 amide bonds. The first-order chi connectivity index (χ1) is 9.63. The van der Waals surface area contributed by atoms with Gasteiger partial charge in [0.15, 0.2) is 0 Å². The van der Waals surface area contributed by atoms with E-state index in [1.54, 1.807) is 12.1 Å². The van der Waals surface area contributed by atoms with Crippen molar-refractivity contribution in [1.82, 2.24) is 0 Å². The summed E-state index contributed by atoms with van der Waals surface area (Å²) in [6.45, 7) is 2.26. The van der Waals surface area contributed by atoms with Crippen LogP contribution in [-0.2, 0) is 16.1 Å². The number of allylic oxidation sites excluding steroid dienone is 1. The van der Waals surface area contributed by atoms with Gasteiger partial charge in [-0.2, -0.15) is 0 Å². The number of unbranched alkanes of at least 4 members (excludes halogenated alkanes) is 2. The lowest BCUT2D eigenvalue weighted by Gasteiger charge is -2.03. The highest BCUT2D eigenvalue weighted by atomic mass is 16.6. The van der Waals surface area contributed by atoms with E-state index >= 15 is 0 Å². The Morgan fingerprint density at radius 1 is 1.30 bits per heavy atom. The molecule has 5 heteroatoms. The number of benzene rings is 1. The summed E-state index contributed by atoms with van der Waals surface area (Å²) in [4.78, 5) is 21.5. The monoisotopic (exact) mass is 277 g/mol. The number of hydrogen-bond donors (Lipinski definition) is 0. The van der Waals surface area contributed by atoms with Crippen LogP contribution in [0.3, 0.4) is 0 Å². The second kappa shape index (κ2) is 8.85. The van der Waals surface area contributed by atoms with Gasteiger partial charge in [-0.25, -0.2) is 0 Å². The number of nitro groups is 1. The number of rotatable bonds is 8. The van der Waals surface area contributed by atoms with E-state index in [2.05, 4.69) is 6.92 Å². The largest absolute Gasteiger partial charge is 0.461 e. The molecule has 0 bridgehead atoms. The number of carbonyl (C=O) groups excluding carboxylic acids is 1. The Morgan fingerprint density at radius 2 is 2.00 bits per heavy atom. The molecule has 0 atom stereocenters. The van der Waals surface area contributed by atoms with Crippen molar-refractivity contribution in [3.63, 3.8) is 0 Å². The average Bonchev–Trinajstić information content (AvgIpc) is 2.45. The molecule has 20 heavy (non-hydrogen) atoms. The number of non-ortho nitro benzene ring substituents is 1. The Bertz CT molecular complexity index is 465. The number of nitrogens with zero attached hydrogens (tertiary/aromatic N) is 1. The van der Waals surface area contributed by atoms with Gasteiger partial charge in [-0.3, -0.25) is 14.9 Å². The number of hydrogen-bond acceptors (Lipinski definition) is 4. The fourth-order valence-corrected chi connectivity index (χ4v) is 1.56. The van der Waals surface area contributed by atoms with Crippen LogP contribution in [0.15, 0.2) is 36.4 Å². The van der Waals surface area contributed by atoms with Crippen LogP contribution in [0, 0.1) is 10.1 Å². The maximum Gasteiger partial charge on any atom is 0.309 e. The Kier molecular flexibility index (Phi) is 7.03. The molecule has 108 valence electrons. The van der Waals surface area contributed by atoms with E-state index in [1.807, 2.05) is 12.2 Å². The van der Waals surface area contributed by atoms with Crippen molar-refractivity contribution >= 4 is 11.7 Å². The lowest BCUT2D eigenvalue weighted by Crippen LogP contribution is -2.03. The molecular formula is C15H19NO4. The highest BCUT2D eigenvalue weighted by Gasteiger charge is 2.05. The summed E-state index contributed by atoms with van der Waals surface area (Å²) in [5, 5.41) is 10.5. The summed E-state index contributed by atoms with van der Waals surface area (Å²) >= 11 is 0. The maximum atomic E-state index is 11.4. The summed E-state index contributed by atoms with van der Waals surface area (Å²) in [6.07, 6.45) is 7.29. The molecule has 5 nitrogen and oxygen atoms in total. The molecule has 0 spiro atoms. The zero-order chi connectivity index (χ0) is 14.8. The molecule has 0 aliphatic rings. The van der Waals surface area contributed by atoms with Gasteiger partial charge in [-0.05, 0) is 24.1 Å². The quantitative estimate of drug-likeness (QED) is 0.238. The summed E-state index contributed by atoms with van der Waals surface area (Å²) in [5.74, 6) is -0.295. The van der Waals surface area contributed by atoms with E-state index in [0.717, 1.165) is 24.8 Å². The summed E-state index contributed by atoms with van der Waals surface area (Å²) < 4.78 is 5.07.